The molecule has 0 bridgehead atoms. The van der Waals surface area contributed by atoms with E-state index in [1.54, 1.807) is 14.1 Å². The molecule has 7 heteroatoms. The summed E-state index contributed by atoms with van der Waals surface area (Å²) in [6.45, 7) is 11.3. The van der Waals surface area contributed by atoms with Gasteiger partial charge in [0.1, 0.15) is 11.2 Å². The third-order valence-corrected chi connectivity index (χ3v) is 11.3. The molecular formula is C58H66Cl2N2O2Zr. The molecule has 0 unspecified atom stereocenters. The number of halogens is 2. The van der Waals surface area contributed by atoms with E-state index in [2.05, 4.69) is 62.8 Å². The van der Waals surface area contributed by atoms with Crippen LogP contribution >= 0.6 is 17.0 Å². The van der Waals surface area contributed by atoms with E-state index in [-0.39, 0.29) is 7.43 Å². The van der Waals surface area contributed by atoms with Gasteiger partial charge in [-0.25, -0.2) is 0 Å². The van der Waals surface area contributed by atoms with Crippen molar-refractivity contribution in [1.82, 2.24) is 0 Å². The Morgan fingerprint density at radius 3 is 0.892 bits per heavy atom. The van der Waals surface area contributed by atoms with Gasteiger partial charge in [-0.2, -0.15) is 0 Å². The first-order valence-corrected chi connectivity index (χ1v) is 28.0. The maximum atomic E-state index is 11.6. The minimum atomic E-state index is -1.12. The number of benzene rings is 7. The third kappa shape index (κ3) is 15.7. The molecule has 0 aliphatic rings. The topological polar surface area (TPSA) is 65.2 Å². The van der Waals surface area contributed by atoms with E-state index in [0.29, 0.717) is 24.7 Å². The summed E-state index contributed by atoms with van der Waals surface area (Å²) in [7, 11) is 13.4. The van der Waals surface area contributed by atoms with Gasteiger partial charge in [-0.3, -0.25) is 9.98 Å². The molecule has 0 saturated heterocycles. The Balaban J connectivity index is 0.000000260. The van der Waals surface area contributed by atoms with Crippen LogP contribution in [0.2, 0.25) is 0 Å². The Morgan fingerprint density at radius 1 is 0.446 bits per heavy atom. The van der Waals surface area contributed by atoms with Crippen LogP contribution in [0.1, 0.15) is 110 Å². The summed E-state index contributed by atoms with van der Waals surface area (Å²) in [5.41, 5.74) is 9.53. The predicted molar refractivity (Wildman–Crippen MR) is 277 cm³/mol. The van der Waals surface area contributed by atoms with E-state index < -0.39 is 32.1 Å². The zero-order chi connectivity index (χ0) is 46.4. The van der Waals surface area contributed by atoms with Crippen LogP contribution in [0.25, 0.3) is 0 Å². The fourth-order valence-electron chi connectivity index (χ4n) is 7.89. The van der Waals surface area contributed by atoms with E-state index >= 15 is 0 Å². The molecule has 7 aromatic rings. The number of rotatable bonds is 12. The second-order valence-electron chi connectivity index (χ2n) is 16.1. The zero-order valence-corrected chi connectivity index (χ0v) is 42.1. The van der Waals surface area contributed by atoms with Crippen molar-refractivity contribution in [3.63, 3.8) is 0 Å². The summed E-state index contributed by atoms with van der Waals surface area (Å²) in [6, 6.07) is 65.9. The molecule has 2 N–H and O–H groups in total. The minimum absolute atomic E-state index is 0. The molecule has 0 atom stereocenters. The number of nitrogens with zero attached hydrogens (tertiary/aromatic N) is 2. The average molecular weight is 985 g/mol. The first kappa shape index (κ1) is 54.6. The van der Waals surface area contributed by atoms with E-state index in [1.165, 1.54) is 16.7 Å². The van der Waals surface area contributed by atoms with Crippen LogP contribution in [0.4, 0.5) is 0 Å². The normalized spacial score (nSPS) is 11.5. The van der Waals surface area contributed by atoms with Gasteiger partial charge < -0.3 is 10.2 Å². The van der Waals surface area contributed by atoms with Crippen LogP contribution in [-0.2, 0) is 32.1 Å². The second kappa shape index (κ2) is 28.3. The van der Waals surface area contributed by atoms with Gasteiger partial charge in [0.15, 0.2) is 0 Å². The van der Waals surface area contributed by atoms with Crippen LogP contribution in [0.3, 0.4) is 0 Å². The van der Waals surface area contributed by atoms with Gasteiger partial charge in [-0.15, -0.1) is 0 Å². The van der Waals surface area contributed by atoms with Crippen molar-refractivity contribution in [3.05, 3.63) is 250 Å². The number of aliphatic imine (C=N–C) groups is 2. The SMILES string of the molecule is C.CN=C(CC(O)(c1ccccc1)c1ccccc1)c1ccccc1.CN=C(CC(O)(c1ccccc1)c1ccccc1)c1ccccc1.Cc1c(C(C)C)cccc1C(C)C.[Cl][Zr][Cl]. The van der Waals surface area contributed by atoms with Crippen LogP contribution in [0, 0.1) is 6.92 Å². The Kier molecular flexibility index (Phi) is 23.8. The van der Waals surface area contributed by atoms with Crippen molar-refractivity contribution >= 4 is 28.4 Å². The Morgan fingerprint density at radius 2 is 0.677 bits per heavy atom. The molecule has 0 saturated carbocycles. The number of aliphatic hydroxyl groups is 2. The van der Waals surface area contributed by atoms with Gasteiger partial charge >= 0.3 is 37.9 Å². The Hall–Kier alpha value is -4.74. The molecule has 0 heterocycles. The van der Waals surface area contributed by atoms with Crippen LogP contribution in [0.5, 0.6) is 0 Å². The van der Waals surface area contributed by atoms with Gasteiger partial charge in [-0.1, -0.05) is 235 Å². The van der Waals surface area contributed by atoms with E-state index in [0.717, 1.165) is 44.8 Å². The molecule has 0 spiro atoms. The summed E-state index contributed by atoms with van der Waals surface area (Å²) in [5, 5.41) is 23.3. The third-order valence-electron chi connectivity index (χ3n) is 11.3. The molecule has 338 valence electrons. The Bertz CT molecular complexity index is 2180. The number of hydrogen-bond donors (Lipinski definition) is 2. The van der Waals surface area contributed by atoms with Gasteiger partial charge in [-0.05, 0) is 68.8 Å². The molecule has 0 amide bonds. The van der Waals surface area contributed by atoms with E-state index in [9.17, 15) is 10.2 Å². The average Bonchev–Trinajstić information content (AvgIpc) is 3.34. The van der Waals surface area contributed by atoms with E-state index in [1.807, 2.05) is 182 Å². The maximum absolute atomic E-state index is 11.6. The quantitative estimate of drug-likeness (QED) is 0.120. The summed E-state index contributed by atoms with van der Waals surface area (Å²) in [5.74, 6) is 1.28. The zero-order valence-electron chi connectivity index (χ0n) is 38.2. The monoisotopic (exact) mass is 982 g/mol. The van der Waals surface area contributed by atoms with Gasteiger partial charge in [0.25, 0.3) is 0 Å². The second-order valence-corrected chi connectivity index (χ2v) is 19.8. The molecule has 7 rings (SSSR count). The molecular weight excluding hydrogens is 919 g/mol. The molecule has 65 heavy (non-hydrogen) atoms. The van der Waals surface area contributed by atoms with Gasteiger partial charge in [0, 0.05) is 38.4 Å². The summed E-state index contributed by atoms with van der Waals surface area (Å²) in [6.07, 6.45) is 0.836. The molecule has 0 radical (unpaired) electrons. The molecule has 0 aromatic heterocycles. The van der Waals surface area contributed by atoms with Crippen molar-refractivity contribution < 1.29 is 31.1 Å². The first-order chi connectivity index (χ1) is 30.9. The van der Waals surface area contributed by atoms with Crippen molar-refractivity contribution in [2.45, 2.75) is 77.9 Å². The summed E-state index contributed by atoms with van der Waals surface area (Å²) >= 11 is -0.826. The van der Waals surface area contributed by atoms with Crippen LogP contribution in [0.15, 0.2) is 210 Å². The van der Waals surface area contributed by atoms with E-state index in [4.69, 9.17) is 17.0 Å². The fraction of sp³-hybridized carbons (Fsp3) is 0.241. The molecule has 0 aliphatic heterocycles. The summed E-state index contributed by atoms with van der Waals surface area (Å²) in [4.78, 5) is 8.90. The van der Waals surface area contributed by atoms with Crippen molar-refractivity contribution in [2.24, 2.45) is 9.98 Å². The van der Waals surface area contributed by atoms with Crippen LogP contribution < -0.4 is 0 Å². The molecule has 7 aromatic carbocycles. The fourth-order valence-corrected chi connectivity index (χ4v) is 7.89. The summed E-state index contributed by atoms with van der Waals surface area (Å²) < 4.78 is 0. The first-order valence-electron chi connectivity index (χ1n) is 21.7. The molecule has 4 nitrogen and oxygen atoms in total. The number of hydrogen-bond acceptors (Lipinski definition) is 4. The van der Waals surface area contributed by atoms with Crippen LogP contribution in [-0.4, -0.2) is 35.7 Å². The van der Waals surface area contributed by atoms with Gasteiger partial charge in [0.05, 0.1) is 0 Å². The predicted octanol–water partition coefficient (Wildman–Crippen LogP) is 15.1. The van der Waals surface area contributed by atoms with Crippen molar-refractivity contribution in [2.75, 3.05) is 14.1 Å². The van der Waals surface area contributed by atoms with Crippen molar-refractivity contribution in [3.8, 4) is 0 Å². The Labute approximate surface area is 408 Å². The van der Waals surface area contributed by atoms with Gasteiger partial charge in [0.2, 0.25) is 0 Å². The van der Waals surface area contributed by atoms with Crippen molar-refractivity contribution in [1.29, 1.82) is 0 Å². The molecule has 0 fully saturated rings. The molecule has 0 aliphatic carbocycles. The standard InChI is InChI=1S/2C22H21NO.C13H20.CH4.2ClH.Zr/c2*1-23-21(18-11-5-2-6-12-18)17-22(24,19-13-7-3-8-14-19)20-15-9-4-10-16-20;1-9(2)12-7-6-8-13(10(3)4)11(12)5;;;;/h2*2-16,24H,17H2,1H3;6-10H,1-5H3;1H4;2*1H;/q;;;;;;+2/p-2.